The Morgan fingerprint density at radius 2 is 2.17 bits per heavy atom. The van der Waals surface area contributed by atoms with Gasteiger partial charge in [0.05, 0.1) is 25.3 Å². The second-order valence-corrected chi connectivity index (χ2v) is 4.79. The molecular formula is C13H18ClNO3. The van der Waals surface area contributed by atoms with E-state index < -0.39 is 0 Å². The second kappa shape index (κ2) is 6.61. The maximum atomic E-state index is 12.1. The molecule has 1 atom stereocenters. The summed E-state index contributed by atoms with van der Waals surface area (Å²) in [6, 6.07) is 4.53. The molecule has 4 nitrogen and oxygen atoms in total. The summed E-state index contributed by atoms with van der Waals surface area (Å²) >= 11 is 5.83. The van der Waals surface area contributed by atoms with Gasteiger partial charge in [0.1, 0.15) is 5.75 Å². The number of halogens is 1. The Morgan fingerprint density at radius 3 is 2.67 bits per heavy atom. The van der Waals surface area contributed by atoms with E-state index in [0.29, 0.717) is 16.3 Å². The van der Waals surface area contributed by atoms with Gasteiger partial charge >= 0.3 is 0 Å². The molecule has 0 saturated heterocycles. The fourth-order valence-electron chi connectivity index (χ4n) is 1.52. The Bertz CT molecular complexity index is 421. The van der Waals surface area contributed by atoms with Crippen LogP contribution in [-0.2, 0) is 0 Å². The van der Waals surface area contributed by atoms with Gasteiger partial charge in [-0.05, 0) is 24.1 Å². The lowest BCUT2D eigenvalue weighted by molar-refractivity contribution is 0.0894. The molecule has 2 N–H and O–H groups in total. The van der Waals surface area contributed by atoms with Gasteiger partial charge in [0.15, 0.2) is 0 Å². The quantitative estimate of drug-likeness (QED) is 0.862. The Balaban J connectivity index is 2.90. The van der Waals surface area contributed by atoms with E-state index in [-0.39, 0.29) is 24.5 Å². The van der Waals surface area contributed by atoms with Crippen LogP contribution in [0.15, 0.2) is 18.2 Å². The minimum atomic E-state index is -0.281. The summed E-state index contributed by atoms with van der Waals surface area (Å²) in [5.74, 6) is 0.286. The SMILES string of the molecule is COc1cc(Cl)ccc1C(=O)N[C@H](CO)C(C)C. The number of aliphatic hydroxyl groups excluding tert-OH is 1. The number of amides is 1. The molecule has 100 valence electrons. The molecule has 1 amide bonds. The van der Waals surface area contributed by atoms with Crippen molar-refractivity contribution in [2.45, 2.75) is 19.9 Å². The van der Waals surface area contributed by atoms with Crippen molar-refractivity contribution in [1.82, 2.24) is 5.32 Å². The topological polar surface area (TPSA) is 58.6 Å². The van der Waals surface area contributed by atoms with E-state index in [1.54, 1.807) is 18.2 Å². The number of benzene rings is 1. The van der Waals surface area contributed by atoms with Crippen LogP contribution in [0.5, 0.6) is 5.75 Å². The van der Waals surface area contributed by atoms with E-state index in [1.165, 1.54) is 7.11 Å². The molecule has 0 aliphatic carbocycles. The van der Waals surface area contributed by atoms with Gasteiger partial charge in [0.25, 0.3) is 5.91 Å². The van der Waals surface area contributed by atoms with Crippen LogP contribution >= 0.6 is 11.6 Å². The van der Waals surface area contributed by atoms with E-state index in [4.69, 9.17) is 16.3 Å². The van der Waals surface area contributed by atoms with Crippen molar-refractivity contribution < 1.29 is 14.6 Å². The fourth-order valence-corrected chi connectivity index (χ4v) is 1.68. The average molecular weight is 272 g/mol. The van der Waals surface area contributed by atoms with Crippen molar-refractivity contribution in [3.63, 3.8) is 0 Å². The molecule has 5 heteroatoms. The van der Waals surface area contributed by atoms with E-state index >= 15 is 0 Å². The number of ether oxygens (including phenoxy) is 1. The molecular weight excluding hydrogens is 254 g/mol. The molecule has 0 fully saturated rings. The highest BCUT2D eigenvalue weighted by molar-refractivity contribution is 6.30. The third kappa shape index (κ3) is 3.62. The van der Waals surface area contributed by atoms with Crippen molar-refractivity contribution in [2.75, 3.05) is 13.7 Å². The molecule has 1 aromatic rings. The van der Waals surface area contributed by atoms with Crippen molar-refractivity contribution in [2.24, 2.45) is 5.92 Å². The molecule has 0 aromatic heterocycles. The van der Waals surface area contributed by atoms with Crippen LogP contribution < -0.4 is 10.1 Å². The van der Waals surface area contributed by atoms with Crippen molar-refractivity contribution in [3.05, 3.63) is 28.8 Å². The predicted molar refractivity (Wildman–Crippen MR) is 71.2 cm³/mol. The Morgan fingerprint density at radius 1 is 1.50 bits per heavy atom. The monoisotopic (exact) mass is 271 g/mol. The van der Waals surface area contributed by atoms with Crippen LogP contribution in [-0.4, -0.2) is 30.8 Å². The molecule has 0 aliphatic heterocycles. The van der Waals surface area contributed by atoms with Crippen molar-refractivity contribution >= 4 is 17.5 Å². The summed E-state index contributed by atoms with van der Waals surface area (Å²) in [5.41, 5.74) is 0.404. The van der Waals surface area contributed by atoms with Gasteiger partial charge in [-0.15, -0.1) is 0 Å². The first-order valence-electron chi connectivity index (χ1n) is 5.74. The molecule has 0 aliphatic rings. The highest BCUT2D eigenvalue weighted by Gasteiger charge is 2.18. The molecule has 0 bridgehead atoms. The van der Waals surface area contributed by atoms with Crippen molar-refractivity contribution in [3.8, 4) is 5.75 Å². The number of hydrogen-bond donors (Lipinski definition) is 2. The summed E-state index contributed by atoms with van der Waals surface area (Å²) in [6.45, 7) is 3.76. The zero-order valence-electron chi connectivity index (χ0n) is 10.7. The number of hydrogen-bond acceptors (Lipinski definition) is 3. The number of aliphatic hydroxyl groups is 1. The molecule has 0 unspecified atom stereocenters. The average Bonchev–Trinajstić information content (AvgIpc) is 2.34. The maximum Gasteiger partial charge on any atom is 0.255 e. The van der Waals surface area contributed by atoms with Crippen LogP contribution in [0, 0.1) is 5.92 Å². The molecule has 0 saturated carbocycles. The summed E-state index contributed by atoms with van der Waals surface area (Å²) in [7, 11) is 1.48. The minimum absolute atomic E-state index is 0.0979. The van der Waals surface area contributed by atoms with Gasteiger partial charge < -0.3 is 15.2 Å². The normalized spacial score (nSPS) is 12.3. The summed E-state index contributed by atoms with van der Waals surface area (Å²) in [6.07, 6.45) is 0. The first kappa shape index (κ1) is 14.8. The van der Waals surface area contributed by atoms with E-state index in [1.807, 2.05) is 13.8 Å². The number of rotatable bonds is 5. The van der Waals surface area contributed by atoms with Gasteiger partial charge in [-0.3, -0.25) is 4.79 Å². The third-order valence-electron chi connectivity index (χ3n) is 2.73. The molecule has 1 aromatic carbocycles. The molecule has 0 radical (unpaired) electrons. The van der Waals surface area contributed by atoms with Crippen LogP contribution in [0.4, 0.5) is 0 Å². The largest absolute Gasteiger partial charge is 0.496 e. The van der Waals surface area contributed by atoms with Gasteiger partial charge in [0.2, 0.25) is 0 Å². The highest BCUT2D eigenvalue weighted by Crippen LogP contribution is 2.23. The molecule has 0 spiro atoms. The van der Waals surface area contributed by atoms with Gasteiger partial charge in [-0.25, -0.2) is 0 Å². The zero-order valence-corrected chi connectivity index (χ0v) is 11.5. The molecule has 18 heavy (non-hydrogen) atoms. The third-order valence-corrected chi connectivity index (χ3v) is 2.96. The van der Waals surface area contributed by atoms with Crippen LogP contribution in [0.2, 0.25) is 5.02 Å². The van der Waals surface area contributed by atoms with E-state index in [9.17, 15) is 9.90 Å². The number of methoxy groups -OCH3 is 1. The number of carbonyl (C=O) groups is 1. The lowest BCUT2D eigenvalue weighted by Gasteiger charge is -2.20. The molecule has 1 rings (SSSR count). The second-order valence-electron chi connectivity index (χ2n) is 4.35. The van der Waals surface area contributed by atoms with Crippen LogP contribution in [0.1, 0.15) is 24.2 Å². The highest BCUT2D eigenvalue weighted by atomic mass is 35.5. The summed E-state index contributed by atoms with van der Waals surface area (Å²) in [5, 5.41) is 12.5. The predicted octanol–water partition coefficient (Wildman–Crippen LogP) is 2.10. The van der Waals surface area contributed by atoms with Crippen LogP contribution in [0.25, 0.3) is 0 Å². The van der Waals surface area contributed by atoms with E-state index in [2.05, 4.69) is 5.32 Å². The van der Waals surface area contributed by atoms with Crippen LogP contribution in [0.3, 0.4) is 0 Å². The summed E-state index contributed by atoms with van der Waals surface area (Å²) in [4.78, 5) is 12.1. The first-order chi connectivity index (χ1) is 8.49. The standard InChI is InChI=1S/C13H18ClNO3/c1-8(2)11(7-16)15-13(17)10-5-4-9(14)6-12(10)18-3/h4-6,8,11,16H,7H2,1-3H3,(H,15,17)/t11-/m1/s1. The first-order valence-corrected chi connectivity index (χ1v) is 6.12. The molecule has 0 heterocycles. The van der Waals surface area contributed by atoms with Gasteiger partial charge in [0, 0.05) is 5.02 Å². The Labute approximate surface area is 112 Å². The summed E-state index contributed by atoms with van der Waals surface area (Å²) < 4.78 is 5.12. The van der Waals surface area contributed by atoms with Crippen molar-refractivity contribution in [1.29, 1.82) is 0 Å². The number of carbonyl (C=O) groups excluding carboxylic acids is 1. The maximum absolute atomic E-state index is 12.1. The van der Waals surface area contributed by atoms with E-state index in [0.717, 1.165) is 0 Å². The van der Waals surface area contributed by atoms with Gasteiger partial charge in [-0.2, -0.15) is 0 Å². The van der Waals surface area contributed by atoms with Gasteiger partial charge in [-0.1, -0.05) is 25.4 Å². The number of nitrogens with one attached hydrogen (secondary N) is 1. The minimum Gasteiger partial charge on any atom is -0.496 e. The lowest BCUT2D eigenvalue weighted by Crippen LogP contribution is -2.41. The zero-order chi connectivity index (χ0) is 13.7. The Hall–Kier alpha value is -1.26. The smallest absolute Gasteiger partial charge is 0.255 e. The Kier molecular flexibility index (Phi) is 5.44. The lowest BCUT2D eigenvalue weighted by atomic mass is 10.0. The fraction of sp³-hybridized carbons (Fsp3) is 0.462.